The molecule has 0 aliphatic heterocycles. The summed E-state index contributed by atoms with van der Waals surface area (Å²) in [7, 11) is 1.63. The van der Waals surface area contributed by atoms with Gasteiger partial charge in [-0.1, -0.05) is 31.5 Å². The van der Waals surface area contributed by atoms with E-state index >= 15 is 0 Å². The van der Waals surface area contributed by atoms with E-state index in [9.17, 15) is 4.79 Å². The SMILES string of the molecule is CCN(CC)CCOC(=O)c1c(C)n(-c2ccc(C)cc2)c2ccc(OC)cc12.Cl. The molecule has 0 saturated heterocycles. The van der Waals surface area contributed by atoms with E-state index in [1.165, 1.54) is 5.56 Å². The van der Waals surface area contributed by atoms with Gasteiger partial charge in [-0.25, -0.2) is 4.79 Å². The highest BCUT2D eigenvalue weighted by Gasteiger charge is 2.22. The van der Waals surface area contributed by atoms with E-state index in [0.29, 0.717) is 12.2 Å². The van der Waals surface area contributed by atoms with E-state index in [1.54, 1.807) is 7.11 Å². The van der Waals surface area contributed by atoms with Gasteiger partial charge < -0.3 is 18.9 Å². The summed E-state index contributed by atoms with van der Waals surface area (Å²) in [4.78, 5) is 15.3. The lowest BCUT2D eigenvalue weighted by Gasteiger charge is -2.17. The molecular formula is C24H31ClN2O3. The molecule has 0 bridgehead atoms. The quantitative estimate of drug-likeness (QED) is 0.462. The number of hydrogen-bond acceptors (Lipinski definition) is 4. The molecule has 0 fully saturated rings. The van der Waals surface area contributed by atoms with Gasteiger partial charge >= 0.3 is 5.97 Å². The van der Waals surface area contributed by atoms with Gasteiger partial charge in [-0.15, -0.1) is 12.4 Å². The summed E-state index contributed by atoms with van der Waals surface area (Å²) >= 11 is 0. The standard InChI is InChI=1S/C24H30N2O3.ClH/c1-6-25(7-2)14-15-29-24(27)23-18(4)26(19-10-8-17(3)9-11-19)22-13-12-20(28-5)16-21(22)23;/h8-13,16H,6-7,14-15H2,1-5H3;1H. The van der Waals surface area contributed by atoms with Crippen molar-refractivity contribution in [2.45, 2.75) is 27.7 Å². The normalized spacial score (nSPS) is 10.9. The maximum Gasteiger partial charge on any atom is 0.340 e. The lowest BCUT2D eigenvalue weighted by atomic mass is 10.1. The van der Waals surface area contributed by atoms with Gasteiger partial charge in [0, 0.05) is 23.3 Å². The topological polar surface area (TPSA) is 43.7 Å². The van der Waals surface area contributed by atoms with Crippen LogP contribution in [0.4, 0.5) is 0 Å². The van der Waals surface area contributed by atoms with E-state index in [0.717, 1.165) is 47.7 Å². The summed E-state index contributed by atoms with van der Waals surface area (Å²) in [6, 6.07) is 14.1. The fourth-order valence-corrected chi connectivity index (χ4v) is 3.69. The fraction of sp³-hybridized carbons (Fsp3) is 0.375. The minimum absolute atomic E-state index is 0. The van der Waals surface area contributed by atoms with Crippen LogP contribution in [0.1, 0.15) is 35.5 Å². The van der Waals surface area contributed by atoms with Crippen LogP contribution in [-0.4, -0.2) is 48.8 Å². The molecule has 0 amide bonds. The zero-order valence-electron chi connectivity index (χ0n) is 18.4. The molecule has 1 heterocycles. The highest BCUT2D eigenvalue weighted by Crippen LogP contribution is 2.32. The largest absolute Gasteiger partial charge is 0.497 e. The minimum atomic E-state index is -0.293. The number of likely N-dealkylation sites (N-methyl/N-ethyl adjacent to an activating group) is 1. The first-order valence-corrected chi connectivity index (χ1v) is 10.2. The van der Waals surface area contributed by atoms with Crippen molar-refractivity contribution in [1.29, 1.82) is 0 Å². The third kappa shape index (κ3) is 4.79. The molecule has 0 saturated carbocycles. The predicted octanol–water partition coefficient (Wildman–Crippen LogP) is 5.18. The fourth-order valence-electron chi connectivity index (χ4n) is 3.69. The molecule has 0 aliphatic rings. The second-order valence-corrected chi connectivity index (χ2v) is 7.18. The maximum atomic E-state index is 13.0. The Morgan fingerprint density at radius 2 is 1.70 bits per heavy atom. The lowest BCUT2D eigenvalue weighted by Crippen LogP contribution is -2.28. The third-order valence-corrected chi connectivity index (χ3v) is 5.44. The minimum Gasteiger partial charge on any atom is -0.497 e. The van der Waals surface area contributed by atoms with Gasteiger partial charge in [0.05, 0.1) is 18.2 Å². The third-order valence-electron chi connectivity index (χ3n) is 5.44. The molecule has 0 unspecified atom stereocenters. The summed E-state index contributed by atoms with van der Waals surface area (Å²) in [5, 5.41) is 0.843. The van der Waals surface area contributed by atoms with Crippen LogP contribution in [0.15, 0.2) is 42.5 Å². The Balaban J connectivity index is 0.00000320. The Morgan fingerprint density at radius 1 is 1.03 bits per heavy atom. The highest BCUT2D eigenvalue weighted by atomic mass is 35.5. The van der Waals surface area contributed by atoms with Gasteiger partial charge in [0.1, 0.15) is 12.4 Å². The van der Waals surface area contributed by atoms with Crippen molar-refractivity contribution in [3.05, 3.63) is 59.3 Å². The number of carbonyl (C=O) groups is 1. The first-order valence-electron chi connectivity index (χ1n) is 10.2. The molecular weight excluding hydrogens is 400 g/mol. The number of methoxy groups -OCH3 is 1. The number of nitrogens with zero attached hydrogens (tertiary/aromatic N) is 2. The number of aromatic nitrogens is 1. The number of esters is 1. The average Bonchev–Trinajstić information content (AvgIpc) is 3.02. The van der Waals surface area contributed by atoms with Crippen molar-refractivity contribution in [3.8, 4) is 11.4 Å². The summed E-state index contributed by atoms with van der Waals surface area (Å²) in [5.74, 6) is 0.425. The first kappa shape index (κ1) is 23.8. The predicted molar refractivity (Wildman–Crippen MR) is 125 cm³/mol. The van der Waals surface area contributed by atoms with Crippen LogP contribution in [0.2, 0.25) is 0 Å². The Hall–Kier alpha value is -2.50. The first-order chi connectivity index (χ1) is 14.0. The number of ether oxygens (including phenoxy) is 2. The van der Waals surface area contributed by atoms with Crippen molar-refractivity contribution in [3.63, 3.8) is 0 Å². The van der Waals surface area contributed by atoms with Gasteiger partial charge in [-0.05, 0) is 57.3 Å². The number of aryl methyl sites for hydroxylation is 1. The van der Waals surface area contributed by atoms with Crippen LogP contribution in [0.5, 0.6) is 5.75 Å². The average molecular weight is 431 g/mol. The van der Waals surface area contributed by atoms with E-state index < -0.39 is 0 Å². The summed E-state index contributed by atoms with van der Waals surface area (Å²) in [6.45, 7) is 11.2. The van der Waals surface area contributed by atoms with E-state index in [4.69, 9.17) is 9.47 Å². The van der Waals surface area contributed by atoms with Crippen molar-refractivity contribution >= 4 is 29.3 Å². The van der Waals surface area contributed by atoms with Gasteiger partial charge in [0.2, 0.25) is 0 Å². The van der Waals surface area contributed by atoms with Crippen LogP contribution in [-0.2, 0) is 4.74 Å². The number of halogens is 1. The van der Waals surface area contributed by atoms with Crippen molar-refractivity contribution < 1.29 is 14.3 Å². The Bertz CT molecular complexity index is 992. The van der Waals surface area contributed by atoms with Gasteiger partial charge in [-0.3, -0.25) is 0 Å². The maximum absolute atomic E-state index is 13.0. The van der Waals surface area contributed by atoms with Crippen LogP contribution in [0, 0.1) is 13.8 Å². The molecule has 0 radical (unpaired) electrons. The molecule has 5 nitrogen and oxygen atoms in total. The van der Waals surface area contributed by atoms with Crippen LogP contribution < -0.4 is 4.74 Å². The van der Waals surface area contributed by atoms with E-state index in [-0.39, 0.29) is 18.4 Å². The Labute approximate surface area is 185 Å². The summed E-state index contributed by atoms with van der Waals surface area (Å²) in [6.07, 6.45) is 0. The van der Waals surface area contributed by atoms with Gasteiger partial charge in [0.15, 0.2) is 0 Å². The highest BCUT2D eigenvalue weighted by molar-refractivity contribution is 6.07. The van der Waals surface area contributed by atoms with Crippen molar-refractivity contribution in [2.75, 3.05) is 33.4 Å². The molecule has 0 aliphatic carbocycles. The molecule has 0 spiro atoms. The smallest absolute Gasteiger partial charge is 0.340 e. The Morgan fingerprint density at radius 3 is 2.30 bits per heavy atom. The molecule has 6 heteroatoms. The molecule has 0 N–H and O–H groups in total. The molecule has 162 valence electrons. The van der Waals surface area contributed by atoms with E-state index in [2.05, 4.69) is 54.5 Å². The van der Waals surface area contributed by atoms with Crippen LogP contribution >= 0.6 is 12.4 Å². The van der Waals surface area contributed by atoms with E-state index in [1.807, 2.05) is 25.1 Å². The second kappa shape index (κ2) is 10.5. The molecule has 1 aromatic heterocycles. The van der Waals surface area contributed by atoms with Crippen molar-refractivity contribution in [1.82, 2.24) is 9.47 Å². The van der Waals surface area contributed by atoms with Gasteiger partial charge in [-0.2, -0.15) is 0 Å². The van der Waals surface area contributed by atoms with Gasteiger partial charge in [0.25, 0.3) is 0 Å². The molecule has 2 aromatic carbocycles. The number of fused-ring (bicyclic) bond motifs is 1. The lowest BCUT2D eigenvalue weighted by molar-refractivity contribution is 0.0468. The monoisotopic (exact) mass is 430 g/mol. The Kier molecular flexibility index (Phi) is 8.33. The number of benzene rings is 2. The molecule has 0 atom stereocenters. The summed E-state index contributed by atoms with van der Waals surface area (Å²) in [5.41, 5.74) is 4.64. The van der Waals surface area contributed by atoms with Crippen molar-refractivity contribution in [2.24, 2.45) is 0 Å². The molecule has 3 rings (SSSR count). The van der Waals surface area contributed by atoms with Crippen LogP contribution in [0.25, 0.3) is 16.6 Å². The molecule has 3 aromatic rings. The number of carbonyl (C=O) groups excluding carboxylic acids is 1. The zero-order chi connectivity index (χ0) is 21.0. The summed E-state index contributed by atoms with van der Waals surface area (Å²) < 4.78 is 13.2. The second-order valence-electron chi connectivity index (χ2n) is 7.18. The number of rotatable bonds is 8. The molecule has 30 heavy (non-hydrogen) atoms. The zero-order valence-corrected chi connectivity index (χ0v) is 19.2. The van der Waals surface area contributed by atoms with Crippen LogP contribution in [0.3, 0.4) is 0 Å². The number of hydrogen-bond donors (Lipinski definition) is 0.